The molecule has 0 amide bonds. The second-order valence-corrected chi connectivity index (χ2v) is 5.93. The van der Waals surface area contributed by atoms with E-state index in [4.69, 9.17) is 28.9 Å². The third kappa shape index (κ3) is 6.47. The van der Waals surface area contributed by atoms with Gasteiger partial charge in [-0.25, -0.2) is 0 Å². The summed E-state index contributed by atoms with van der Waals surface area (Å²) in [4.78, 5) is 0. The molecule has 0 rings (SSSR count). The zero-order valence-corrected chi connectivity index (χ0v) is 8.07. The second-order valence-electron chi connectivity index (χ2n) is 1.70. The standard InChI is InChI=1S/C6H7Cl2O2P/c1-3-5-6(4-2)10-11(7,8)9/h1,4,6H,2,5H2. The minimum Gasteiger partial charge on any atom is -0.298 e. The third-order valence-corrected chi connectivity index (χ3v) is 1.83. The average Bonchev–Trinajstić information content (AvgIpc) is 1.84. The monoisotopic (exact) mass is 212 g/mol. The molecule has 5 heteroatoms. The number of rotatable bonds is 4. The smallest absolute Gasteiger partial charge is 0.298 e. The summed E-state index contributed by atoms with van der Waals surface area (Å²) < 4.78 is 15.3. The fourth-order valence-electron chi connectivity index (χ4n) is 0.437. The van der Waals surface area contributed by atoms with Gasteiger partial charge in [-0.2, -0.15) is 0 Å². The molecule has 0 saturated carbocycles. The zero-order valence-electron chi connectivity index (χ0n) is 5.67. The van der Waals surface area contributed by atoms with E-state index in [1.54, 1.807) is 0 Å². The van der Waals surface area contributed by atoms with Crippen molar-refractivity contribution in [3.8, 4) is 12.3 Å². The fourth-order valence-corrected chi connectivity index (χ4v) is 1.53. The van der Waals surface area contributed by atoms with Crippen LogP contribution in [0.2, 0.25) is 0 Å². The molecule has 1 unspecified atom stereocenters. The van der Waals surface area contributed by atoms with Gasteiger partial charge in [0.05, 0.1) is 6.10 Å². The predicted octanol–water partition coefficient (Wildman–Crippen LogP) is 3.17. The second kappa shape index (κ2) is 4.85. The van der Waals surface area contributed by atoms with E-state index in [9.17, 15) is 4.57 Å². The normalized spacial score (nSPS) is 13.5. The summed E-state index contributed by atoms with van der Waals surface area (Å²) in [6, 6.07) is 0. The van der Waals surface area contributed by atoms with Gasteiger partial charge >= 0.3 is 6.07 Å². The first-order valence-electron chi connectivity index (χ1n) is 2.73. The third-order valence-electron chi connectivity index (χ3n) is 0.840. The molecule has 62 valence electrons. The zero-order chi connectivity index (χ0) is 8.91. The van der Waals surface area contributed by atoms with Crippen molar-refractivity contribution in [2.75, 3.05) is 0 Å². The highest BCUT2D eigenvalue weighted by Gasteiger charge is 2.18. The van der Waals surface area contributed by atoms with E-state index in [1.807, 2.05) is 0 Å². The molecule has 11 heavy (non-hydrogen) atoms. The number of hydrogen-bond donors (Lipinski definition) is 0. The summed E-state index contributed by atoms with van der Waals surface area (Å²) in [5.74, 6) is 2.31. The van der Waals surface area contributed by atoms with Crippen LogP contribution in [0.5, 0.6) is 0 Å². The maximum atomic E-state index is 10.7. The minimum atomic E-state index is -3.49. The van der Waals surface area contributed by atoms with Gasteiger partial charge in [-0.1, -0.05) is 6.08 Å². The van der Waals surface area contributed by atoms with Crippen LogP contribution in [0.4, 0.5) is 0 Å². The lowest BCUT2D eigenvalue weighted by molar-refractivity contribution is 0.273. The van der Waals surface area contributed by atoms with Crippen LogP contribution in [0.3, 0.4) is 0 Å². The van der Waals surface area contributed by atoms with Crippen LogP contribution in [0.1, 0.15) is 6.42 Å². The summed E-state index contributed by atoms with van der Waals surface area (Å²) in [5, 5.41) is 0. The van der Waals surface area contributed by atoms with Gasteiger partial charge in [0.1, 0.15) is 0 Å². The highest BCUT2D eigenvalue weighted by molar-refractivity contribution is 8.05. The van der Waals surface area contributed by atoms with E-state index in [2.05, 4.69) is 17.0 Å². The van der Waals surface area contributed by atoms with Crippen molar-refractivity contribution in [2.24, 2.45) is 0 Å². The highest BCUT2D eigenvalue weighted by atomic mass is 35.9. The Balaban J connectivity index is 4.01. The first-order valence-corrected chi connectivity index (χ1v) is 6.17. The molecular weight excluding hydrogens is 206 g/mol. The summed E-state index contributed by atoms with van der Waals surface area (Å²) in [6.45, 7) is 3.40. The maximum Gasteiger partial charge on any atom is 0.380 e. The van der Waals surface area contributed by atoms with Crippen LogP contribution in [-0.2, 0) is 9.09 Å². The summed E-state index contributed by atoms with van der Waals surface area (Å²) >= 11 is 10.2. The number of terminal acetylenes is 1. The van der Waals surface area contributed by atoms with Crippen LogP contribution in [0.25, 0.3) is 0 Å². The first-order chi connectivity index (χ1) is 4.99. The van der Waals surface area contributed by atoms with Crippen molar-refractivity contribution in [3.05, 3.63) is 12.7 Å². The van der Waals surface area contributed by atoms with Gasteiger partial charge in [0.2, 0.25) is 0 Å². The van der Waals surface area contributed by atoms with Crippen molar-refractivity contribution < 1.29 is 9.09 Å². The van der Waals surface area contributed by atoms with Crippen molar-refractivity contribution in [3.63, 3.8) is 0 Å². The molecule has 0 aliphatic rings. The van der Waals surface area contributed by atoms with Gasteiger partial charge < -0.3 is 0 Å². The molecule has 2 nitrogen and oxygen atoms in total. The van der Waals surface area contributed by atoms with E-state index in [0.717, 1.165) is 0 Å². The van der Waals surface area contributed by atoms with E-state index < -0.39 is 12.2 Å². The largest absolute Gasteiger partial charge is 0.380 e. The Kier molecular flexibility index (Phi) is 4.88. The fraction of sp³-hybridized carbons (Fsp3) is 0.333. The topological polar surface area (TPSA) is 26.3 Å². The van der Waals surface area contributed by atoms with E-state index in [1.165, 1.54) is 6.08 Å². The molecule has 0 aliphatic heterocycles. The van der Waals surface area contributed by atoms with Gasteiger partial charge in [0.25, 0.3) is 0 Å². The van der Waals surface area contributed by atoms with Crippen LogP contribution < -0.4 is 0 Å². The Morgan fingerprint density at radius 1 is 1.82 bits per heavy atom. The Morgan fingerprint density at radius 2 is 2.36 bits per heavy atom. The van der Waals surface area contributed by atoms with Gasteiger partial charge in [-0.15, -0.1) is 18.9 Å². The molecular formula is C6H7Cl2O2P. The quantitative estimate of drug-likeness (QED) is 0.407. The van der Waals surface area contributed by atoms with Gasteiger partial charge in [-0.3, -0.25) is 9.09 Å². The molecule has 0 aliphatic carbocycles. The van der Waals surface area contributed by atoms with Crippen molar-refractivity contribution in [1.82, 2.24) is 0 Å². The molecule has 0 fully saturated rings. The Morgan fingerprint density at radius 3 is 2.64 bits per heavy atom. The lowest BCUT2D eigenvalue weighted by atomic mass is 10.3. The van der Waals surface area contributed by atoms with Gasteiger partial charge in [0.15, 0.2) is 0 Å². The number of hydrogen-bond acceptors (Lipinski definition) is 2. The molecule has 0 aromatic carbocycles. The van der Waals surface area contributed by atoms with Crippen LogP contribution in [0, 0.1) is 12.3 Å². The van der Waals surface area contributed by atoms with Crippen molar-refractivity contribution in [1.29, 1.82) is 0 Å². The molecule has 0 saturated heterocycles. The average molecular weight is 213 g/mol. The van der Waals surface area contributed by atoms with Gasteiger partial charge in [-0.05, 0) is 22.5 Å². The van der Waals surface area contributed by atoms with E-state index in [-0.39, 0.29) is 6.42 Å². The molecule has 1 atom stereocenters. The van der Waals surface area contributed by atoms with Gasteiger partial charge in [0, 0.05) is 6.42 Å². The number of halogens is 2. The van der Waals surface area contributed by atoms with Crippen LogP contribution in [0.15, 0.2) is 12.7 Å². The Hall–Kier alpha value is 0.0700. The van der Waals surface area contributed by atoms with Crippen molar-refractivity contribution >= 4 is 28.6 Å². The molecule has 0 radical (unpaired) electrons. The molecule has 0 spiro atoms. The summed E-state index contributed by atoms with van der Waals surface area (Å²) in [6.07, 6.45) is 2.60. The molecule has 0 aromatic rings. The van der Waals surface area contributed by atoms with E-state index >= 15 is 0 Å². The lowest BCUT2D eigenvalue weighted by Gasteiger charge is -2.10. The molecule has 0 N–H and O–H groups in total. The Labute approximate surface area is 75.6 Å². The summed E-state index contributed by atoms with van der Waals surface area (Å²) in [5.41, 5.74) is 0. The van der Waals surface area contributed by atoms with Crippen molar-refractivity contribution in [2.45, 2.75) is 12.5 Å². The van der Waals surface area contributed by atoms with E-state index in [0.29, 0.717) is 0 Å². The highest BCUT2D eigenvalue weighted by Crippen LogP contribution is 2.58. The predicted molar refractivity (Wildman–Crippen MR) is 47.8 cm³/mol. The molecule has 0 aromatic heterocycles. The van der Waals surface area contributed by atoms with Crippen LogP contribution >= 0.6 is 28.6 Å². The maximum absolute atomic E-state index is 10.7. The Bertz CT molecular complexity index is 215. The SMILES string of the molecule is C#CCC(C=C)OP(=O)(Cl)Cl. The lowest BCUT2D eigenvalue weighted by Crippen LogP contribution is -2.03. The van der Waals surface area contributed by atoms with Crippen LogP contribution in [-0.4, -0.2) is 6.10 Å². The summed E-state index contributed by atoms with van der Waals surface area (Å²) in [7, 11) is 0. The molecule has 0 heterocycles. The molecule has 0 bridgehead atoms. The minimum absolute atomic E-state index is 0.257. The first kappa shape index (κ1) is 11.1.